The number of nitrogens with zero attached hydrogens (tertiary/aromatic N) is 7. The predicted molar refractivity (Wildman–Crippen MR) is 560 cm³/mol. The first kappa shape index (κ1) is 84.9. The molecular weight excluding hydrogens is 1780 g/mol. The molecular formula is C117H88BBr2N9O5. The van der Waals surface area contributed by atoms with Gasteiger partial charge < -0.3 is 38.9 Å². The van der Waals surface area contributed by atoms with E-state index in [1.165, 1.54) is 10.8 Å². The minimum Gasteiger partial charge on any atom is -0.456 e. The van der Waals surface area contributed by atoms with Crippen LogP contribution in [0.4, 0.5) is 28.4 Å². The molecule has 134 heavy (non-hydrogen) atoms. The monoisotopic (exact) mass is 1870 g/mol. The summed E-state index contributed by atoms with van der Waals surface area (Å²) in [5.74, 6) is 2.80. The molecule has 0 spiro atoms. The Balaban J connectivity index is 0.000000112. The zero-order valence-electron chi connectivity index (χ0n) is 73.7. The highest BCUT2D eigenvalue weighted by molar-refractivity contribution is 9.10. The zero-order valence-corrected chi connectivity index (χ0v) is 76.9. The topological polar surface area (TPSA) is 167 Å². The van der Waals surface area contributed by atoms with E-state index in [4.69, 9.17) is 49.0 Å². The molecule has 1 saturated heterocycles. The van der Waals surface area contributed by atoms with Crippen molar-refractivity contribution in [1.82, 2.24) is 28.7 Å². The molecule has 1 aliphatic rings. The smallest absolute Gasteiger partial charge is 0.456 e. The number of aromatic nitrogens is 6. The molecule has 17 heteroatoms. The number of para-hydroxylation sites is 12. The first-order chi connectivity index (χ1) is 65.5. The standard InChI is InChI=1S/C49H31N3O2.C25H19N3.C19H13BrN2.C12H18BNO2.C12H7BrO/c1-2-13-35(14-3-1)52-44-18-7-6-17-43(44)50-49(52)34-12-10-11-33(29-34)32-21-23-36(24-22-32)51(37-25-27-41-39-15-4-8-19-45(39)53-47(41)30-37)38-26-28-42-40-16-5-9-20-46(40)54-48(42)31-38;26-21-15-13-18(14-16-21)19-7-6-8-20(17-19)25-27-23-11-4-5-12-24(23)28(25)22-9-2-1-3-10-22;20-15-8-6-7-14(13-15)19-21-17-11-4-5-12-18(17)22(19)16-9-2-1-3-10-16;1-11(2)12(3,4)16-13(15-11)9-5-7-10(14)8-6-9;13-8-5-6-10-9-3-1-2-4-11(9)14-12(10)7-8/h1-31H;1-17H,26H2;1-13H;5-8H,14H2,1-4H3;1-7H. The Kier molecular flexibility index (Phi) is 23.1. The number of imidazole rings is 3. The normalized spacial score (nSPS) is 12.7. The number of benzene rings is 18. The van der Waals surface area contributed by atoms with Crippen LogP contribution in [0.2, 0.25) is 0 Å². The summed E-state index contributed by atoms with van der Waals surface area (Å²) in [6, 6.07) is 149. The van der Waals surface area contributed by atoms with Gasteiger partial charge in [0.05, 0.1) is 44.3 Å². The predicted octanol–water partition coefficient (Wildman–Crippen LogP) is 30.9. The Hall–Kier alpha value is -15.9. The van der Waals surface area contributed by atoms with Gasteiger partial charge in [0.15, 0.2) is 0 Å². The van der Waals surface area contributed by atoms with Crippen LogP contribution in [0.5, 0.6) is 0 Å². The van der Waals surface area contributed by atoms with Gasteiger partial charge in [-0.1, -0.05) is 262 Å². The largest absolute Gasteiger partial charge is 0.494 e. The number of rotatable bonds is 12. The molecule has 0 atom stereocenters. The molecule has 1 fully saturated rings. The fraction of sp³-hybridized carbons (Fsp3) is 0.0513. The van der Waals surface area contributed by atoms with Crippen molar-refractivity contribution < 1.29 is 22.6 Å². The number of fused-ring (bicyclic) bond motifs is 12. The van der Waals surface area contributed by atoms with Crippen molar-refractivity contribution in [3.8, 4) is 73.5 Å². The van der Waals surface area contributed by atoms with Crippen molar-refractivity contribution >= 4 is 172 Å². The lowest BCUT2D eigenvalue weighted by atomic mass is 9.79. The van der Waals surface area contributed by atoms with E-state index in [1.807, 2.05) is 173 Å². The van der Waals surface area contributed by atoms with Crippen LogP contribution in [0.15, 0.2) is 459 Å². The third-order valence-corrected chi connectivity index (χ3v) is 25.8. The second-order valence-electron chi connectivity index (χ2n) is 34.0. The maximum absolute atomic E-state index is 6.35. The Morgan fingerprint density at radius 2 is 0.575 bits per heavy atom. The summed E-state index contributed by atoms with van der Waals surface area (Å²) >= 11 is 6.98. The van der Waals surface area contributed by atoms with Gasteiger partial charge in [0.2, 0.25) is 0 Å². The number of furan rings is 3. The van der Waals surface area contributed by atoms with Gasteiger partial charge in [0.25, 0.3) is 0 Å². The zero-order chi connectivity index (χ0) is 91.0. The van der Waals surface area contributed by atoms with E-state index in [1.54, 1.807) is 0 Å². The van der Waals surface area contributed by atoms with Crippen LogP contribution in [-0.4, -0.2) is 47.0 Å². The summed E-state index contributed by atoms with van der Waals surface area (Å²) in [4.78, 5) is 17.2. The third-order valence-electron chi connectivity index (χ3n) is 24.8. The van der Waals surface area contributed by atoms with Gasteiger partial charge in [0, 0.05) is 116 Å². The lowest BCUT2D eigenvalue weighted by Crippen LogP contribution is -2.41. The van der Waals surface area contributed by atoms with Crippen molar-refractivity contribution in [2.24, 2.45) is 0 Å². The summed E-state index contributed by atoms with van der Waals surface area (Å²) in [6.45, 7) is 8.18. The Morgan fingerprint density at radius 3 is 0.985 bits per heavy atom. The number of hydrogen-bond donors (Lipinski definition) is 2. The third kappa shape index (κ3) is 17.1. The lowest BCUT2D eigenvalue weighted by molar-refractivity contribution is 0.00578. The van der Waals surface area contributed by atoms with Gasteiger partial charge in [-0.25, -0.2) is 15.0 Å². The van der Waals surface area contributed by atoms with Crippen molar-refractivity contribution in [2.75, 3.05) is 16.4 Å². The molecule has 0 unspecified atom stereocenters. The van der Waals surface area contributed by atoms with Gasteiger partial charge in [-0.3, -0.25) is 13.7 Å². The molecule has 0 amide bonds. The maximum Gasteiger partial charge on any atom is 0.494 e. The van der Waals surface area contributed by atoms with E-state index < -0.39 is 0 Å². The molecule has 6 aromatic heterocycles. The van der Waals surface area contributed by atoms with Gasteiger partial charge in [-0.05, 0) is 250 Å². The average molecular weight is 1870 g/mol. The highest BCUT2D eigenvalue weighted by Gasteiger charge is 2.51. The molecule has 24 aromatic rings. The molecule has 648 valence electrons. The van der Waals surface area contributed by atoms with Crippen molar-refractivity contribution in [2.45, 2.75) is 38.9 Å². The Morgan fingerprint density at radius 1 is 0.261 bits per heavy atom. The number of nitrogen functional groups attached to an aromatic ring is 2. The van der Waals surface area contributed by atoms with E-state index in [0.717, 1.165) is 204 Å². The lowest BCUT2D eigenvalue weighted by Gasteiger charge is -2.32. The highest BCUT2D eigenvalue weighted by atomic mass is 79.9. The van der Waals surface area contributed by atoms with Crippen LogP contribution in [0.25, 0.3) is 172 Å². The SMILES string of the molecule is Brc1ccc2c(c1)oc1ccccc12.Brc1cccc(-c2nc3ccccc3n2-c2ccccc2)c1.CC1(C)OB(c2ccc(N)cc2)OC1(C)C.Nc1ccc(-c2cccc(-c3nc4ccccc4n3-c3ccccc3)c2)cc1.c1ccc(-n2c(-c3cccc(-c4ccc(N(c5ccc6c(c5)oc5ccccc56)c5ccc6c(c5)oc5ccccc56)cc4)c3)nc3ccccc32)cc1. The second kappa shape index (κ2) is 36.5. The molecule has 14 nitrogen and oxygen atoms in total. The van der Waals surface area contributed by atoms with E-state index in [9.17, 15) is 0 Å². The molecule has 4 N–H and O–H groups in total. The molecule has 0 bridgehead atoms. The van der Waals surface area contributed by atoms with Gasteiger partial charge in [-0.15, -0.1) is 0 Å². The molecule has 7 heterocycles. The number of anilines is 5. The summed E-state index contributed by atoms with van der Waals surface area (Å²) in [5, 5.41) is 6.76. The molecule has 0 radical (unpaired) electrons. The van der Waals surface area contributed by atoms with Crippen molar-refractivity contribution in [3.63, 3.8) is 0 Å². The summed E-state index contributed by atoms with van der Waals surface area (Å²) in [5.41, 5.74) is 39.0. The van der Waals surface area contributed by atoms with Crippen LogP contribution in [0, 0.1) is 0 Å². The van der Waals surface area contributed by atoms with E-state index in [-0.39, 0.29) is 18.3 Å². The van der Waals surface area contributed by atoms with Gasteiger partial charge in [-0.2, -0.15) is 0 Å². The van der Waals surface area contributed by atoms with E-state index in [0.29, 0.717) is 0 Å². The molecule has 0 saturated carbocycles. The molecule has 0 aliphatic carbocycles. The molecule has 1 aliphatic heterocycles. The van der Waals surface area contributed by atoms with Crippen molar-refractivity contribution in [3.05, 3.63) is 446 Å². The van der Waals surface area contributed by atoms with E-state index >= 15 is 0 Å². The Labute approximate surface area is 791 Å². The highest BCUT2D eigenvalue weighted by Crippen LogP contribution is 2.44. The Bertz CT molecular complexity index is 8270. The minimum atomic E-state index is -0.300. The van der Waals surface area contributed by atoms with Gasteiger partial charge in [0.1, 0.15) is 51.0 Å². The quantitative estimate of drug-likeness (QED) is 0.0883. The van der Waals surface area contributed by atoms with Crippen LogP contribution < -0.4 is 21.8 Å². The van der Waals surface area contributed by atoms with Crippen LogP contribution >= 0.6 is 31.9 Å². The molecule has 18 aromatic carbocycles. The van der Waals surface area contributed by atoms with Crippen LogP contribution in [-0.2, 0) is 9.31 Å². The number of nitrogens with two attached hydrogens (primary N) is 2. The summed E-state index contributed by atoms with van der Waals surface area (Å²) in [7, 11) is -0.300. The first-order valence-electron chi connectivity index (χ1n) is 44.5. The fourth-order valence-corrected chi connectivity index (χ4v) is 18.2. The summed E-state index contributed by atoms with van der Waals surface area (Å²) in [6.07, 6.45) is 0. The number of hydrogen-bond acceptors (Lipinski definition) is 11. The fourth-order valence-electron chi connectivity index (χ4n) is 17.4. The maximum atomic E-state index is 6.35. The summed E-state index contributed by atoms with van der Waals surface area (Å²) < 4.78 is 39.0. The van der Waals surface area contributed by atoms with Crippen LogP contribution in [0.1, 0.15) is 27.7 Å². The minimum absolute atomic E-state index is 0.293. The van der Waals surface area contributed by atoms with Gasteiger partial charge >= 0.3 is 7.12 Å². The first-order valence-corrected chi connectivity index (χ1v) is 46.0. The molecule has 25 rings (SSSR count). The second-order valence-corrected chi connectivity index (χ2v) is 35.8. The number of halogens is 2. The average Bonchev–Trinajstić information content (AvgIpc) is 1.60. The van der Waals surface area contributed by atoms with Crippen molar-refractivity contribution in [1.29, 1.82) is 0 Å². The van der Waals surface area contributed by atoms with E-state index in [2.05, 4.69) is 342 Å². The van der Waals surface area contributed by atoms with Crippen LogP contribution in [0.3, 0.4) is 0 Å².